The molecule has 3 rings (SSSR count). The Hall–Kier alpha value is -1.27. The third kappa shape index (κ3) is 2.74. The molecule has 0 saturated carbocycles. The second-order valence-corrected chi connectivity index (χ2v) is 7.36. The Bertz CT molecular complexity index is 669. The second kappa shape index (κ2) is 5.85. The number of thiazole rings is 1. The zero-order valence-electron chi connectivity index (χ0n) is 12.5. The molecule has 0 unspecified atom stereocenters. The van der Waals surface area contributed by atoms with Crippen LogP contribution in [0.3, 0.4) is 0 Å². The molecule has 4 nitrogen and oxygen atoms in total. The van der Waals surface area contributed by atoms with E-state index in [0.29, 0.717) is 0 Å². The van der Waals surface area contributed by atoms with E-state index >= 15 is 0 Å². The fraction of sp³-hybridized carbons (Fsp3) is 0.467. The van der Waals surface area contributed by atoms with E-state index in [1.807, 2.05) is 25.6 Å². The maximum atomic E-state index is 11.7. The number of thioether (sulfide) groups is 1. The molecule has 2 aromatic rings. The predicted octanol–water partition coefficient (Wildman–Crippen LogP) is 3.51. The predicted molar refractivity (Wildman–Crippen MR) is 90.9 cm³/mol. The second-order valence-electron chi connectivity index (χ2n) is 5.30. The molecule has 1 N–H and O–H groups in total. The van der Waals surface area contributed by atoms with Gasteiger partial charge in [0.15, 0.2) is 10.9 Å². The summed E-state index contributed by atoms with van der Waals surface area (Å²) < 4.78 is 0. The first-order valence-corrected chi connectivity index (χ1v) is 9.10. The Morgan fingerprint density at radius 1 is 1.33 bits per heavy atom. The Labute approximate surface area is 133 Å². The van der Waals surface area contributed by atoms with E-state index in [-0.39, 0.29) is 5.78 Å². The maximum absolute atomic E-state index is 11.7. The first kappa shape index (κ1) is 14.7. The van der Waals surface area contributed by atoms with Crippen molar-refractivity contribution in [1.29, 1.82) is 0 Å². The summed E-state index contributed by atoms with van der Waals surface area (Å²) in [5.41, 5.74) is 4.66. The highest BCUT2D eigenvalue weighted by Crippen LogP contribution is 2.32. The molecule has 112 valence electrons. The molecule has 3 heterocycles. The van der Waals surface area contributed by atoms with Gasteiger partial charge in [-0.15, -0.1) is 11.3 Å². The summed E-state index contributed by atoms with van der Waals surface area (Å²) in [6, 6.07) is 0. The van der Waals surface area contributed by atoms with Gasteiger partial charge in [0, 0.05) is 41.2 Å². The zero-order valence-corrected chi connectivity index (χ0v) is 14.2. The minimum absolute atomic E-state index is 0.107. The van der Waals surface area contributed by atoms with Crippen LogP contribution >= 0.6 is 23.1 Å². The highest BCUT2D eigenvalue weighted by atomic mass is 32.2. The van der Waals surface area contributed by atoms with Crippen LogP contribution in [0.15, 0.2) is 5.38 Å². The lowest BCUT2D eigenvalue weighted by Gasteiger charge is -2.25. The number of carbonyl (C=O) groups is 1. The van der Waals surface area contributed by atoms with Crippen LogP contribution in [0.2, 0.25) is 0 Å². The minimum Gasteiger partial charge on any atom is -0.356 e. The van der Waals surface area contributed by atoms with Crippen molar-refractivity contribution in [2.45, 2.75) is 20.8 Å². The average Bonchev–Trinajstić information content (AvgIpc) is 3.04. The van der Waals surface area contributed by atoms with Crippen molar-refractivity contribution in [3.8, 4) is 11.4 Å². The molecule has 21 heavy (non-hydrogen) atoms. The number of rotatable bonds is 3. The van der Waals surface area contributed by atoms with Crippen LogP contribution in [0.5, 0.6) is 0 Å². The summed E-state index contributed by atoms with van der Waals surface area (Å²) in [6.45, 7) is 7.69. The number of hydrogen-bond acceptors (Lipinski definition) is 5. The molecule has 1 saturated heterocycles. The van der Waals surface area contributed by atoms with Gasteiger partial charge < -0.3 is 9.88 Å². The van der Waals surface area contributed by atoms with E-state index in [1.165, 1.54) is 11.5 Å². The fourth-order valence-corrected chi connectivity index (χ4v) is 4.59. The number of H-pyrrole nitrogens is 1. The van der Waals surface area contributed by atoms with Crippen LogP contribution < -0.4 is 4.90 Å². The van der Waals surface area contributed by atoms with Gasteiger partial charge in [0.05, 0.1) is 5.69 Å². The van der Waals surface area contributed by atoms with Gasteiger partial charge in [-0.25, -0.2) is 4.98 Å². The van der Waals surface area contributed by atoms with E-state index in [4.69, 9.17) is 4.98 Å². The number of hydrogen-bond donors (Lipinski definition) is 1. The van der Waals surface area contributed by atoms with Crippen LogP contribution in [-0.4, -0.2) is 40.3 Å². The molecule has 2 aromatic heterocycles. The third-order valence-corrected chi connectivity index (χ3v) is 5.66. The monoisotopic (exact) mass is 321 g/mol. The number of aryl methyl sites for hydroxylation is 1. The van der Waals surface area contributed by atoms with Gasteiger partial charge in [-0.3, -0.25) is 4.79 Å². The Morgan fingerprint density at radius 2 is 2.05 bits per heavy atom. The van der Waals surface area contributed by atoms with Crippen LogP contribution in [0.1, 0.15) is 28.5 Å². The van der Waals surface area contributed by atoms with Gasteiger partial charge >= 0.3 is 0 Å². The maximum Gasteiger partial charge on any atom is 0.185 e. The summed E-state index contributed by atoms with van der Waals surface area (Å²) >= 11 is 3.68. The quantitative estimate of drug-likeness (QED) is 0.879. The van der Waals surface area contributed by atoms with E-state index in [2.05, 4.69) is 15.3 Å². The fourth-order valence-electron chi connectivity index (χ4n) is 2.81. The summed E-state index contributed by atoms with van der Waals surface area (Å²) in [5.74, 6) is 2.45. The van der Waals surface area contributed by atoms with Crippen LogP contribution in [-0.2, 0) is 0 Å². The lowest BCUT2D eigenvalue weighted by atomic mass is 10.1. The van der Waals surface area contributed by atoms with E-state index in [0.717, 1.165) is 46.4 Å². The molecule has 0 aliphatic carbocycles. The lowest BCUT2D eigenvalue weighted by Crippen LogP contribution is -2.32. The van der Waals surface area contributed by atoms with E-state index < -0.39 is 0 Å². The van der Waals surface area contributed by atoms with E-state index in [9.17, 15) is 4.79 Å². The molecule has 1 fully saturated rings. The van der Waals surface area contributed by atoms with Crippen molar-refractivity contribution >= 4 is 34.0 Å². The normalized spacial score (nSPS) is 15.5. The molecular formula is C15H19N3OS2. The van der Waals surface area contributed by atoms with Crippen molar-refractivity contribution in [3.63, 3.8) is 0 Å². The SMILES string of the molecule is CC(=O)c1c(C)[nH]c(-c2csc(N3CCSCC3)n2)c1C. The molecule has 0 aromatic carbocycles. The van der Waals surface area contributed by atoms with Crippen LogP contribution in [0.4, 0.5) is 5.13 Å². The first-order chi connectivity index (χ1) is 10.1. The largest absolute Gasteiger partial charge is 0.356 e. The molecule has 0 spiro atoms. The standard InChI is InChI=1S/C15H19N3OS2/c1-9-13(11(3)19)10(2)16-14(9)12-8-21-15(17-12)18-4-6-20-7-5-18/h8,16H,4-7H2,1-3H3. The molecule has 0 bridgehead atoms. The average molecular weight is 321 g/mol. The van der Waals surface area contributed by atoms with Crippen molar-refractivity contribution in [2.75, 3.05) is 29.5 Å². The summed E-state index contributed by atoms with van der Waals surface area (Å²) in [5, 5.41) is 3.17. The Balaban J connectivity index is 1.93. The number of nitrogens with one attached hydrogen (secondary N) is 1. The molecule has 1 aliphatic heterocycles. The van der Waals surface area contributed by atoms with Gasteiger partial charge in [0.2, 0.25) is 0 Å². The number of carbonyl (C=O) groups excluding carboxylic acids is 1. The van der Waals surface area contributed by atoms with Crippen molar-refractivity contribution in [3.05, 3.63) is 22.2 Å². The lowest BCUT2D eigenvalue weighted by molar-refractivity contribution is 0.101. The highest BCUT2D eigenvalue weighted by Gasteiger charge is 2.20. The molecule has 1 aliphatic rings. The number of Topliss-reactive ketones (excluding diaryl/α,β-unsaturated/α-hetero) is 1. The summed E-state index contributed by atoms with van der Waals surface area (Å²) in [6.07, 6.45) is 0. The number of nitrogens with zero attached hydrogens (tertiary/aromatic N) is 2. The topological polar surface area (TPSA) is 49.0 Å². The highest BCUT2D eigenvalue weighted by molar-refractivity contribution is 7.99. The first-order valence-electron chi connectivity index (χ1n) is 7.06. The summed E-state index contributed by atoms with van der Waals surface area (Å²) in [7, 11) is 0. The van der Waals surface area contributed by atoms with Gasteiger partial charge in [0.1, 0.15) is 5.69 Å². The minimum atomic E-state index is 0.107. The Kier molecular flexibility index (Phi) is 4.08. The van der Waals surface area contributed by atoms with Crippen molar-refractivity contribution in [1.82, 2.24) is 9.97 Å². The van der Waals surface area contributed by atoms with Crippen molar-refractivity contribution < 1.29 is 4.79 Å². The molecule has 6 heteroatoms. The third-order valence-electron chi connectivity index (χ3n) is 3.82. The number of ketones is 1. The Morgan fingerprint density at radius 3 is 2.67 bits per heavy atom. The number of aromatic amines is 1. The molecule has 0 radical (unpaired) electrons. The zero-order chi connectivity index (χ0) is 15.0. The van der Waals surface area contributed by atoms with Gasteiger partial charge in [0.25, 0.3) is 0 Å². The summed E-state index contributed by atoms with van der Waals surface area (Å²) in [4.78, 5) is 22.2. The van der Waals surface area contributed by atoms with E-state index in [1.54, 1.807) is 18.3 Å². The van der Waals surface area contributed by atoms with Crippen LogP contribution in [0.25, 0.3) is 11.4 Å². The molecule has 0 atom stereocenters. The molecule has 0 amide bonds. The smallest absolute Gasteiger partial charge is 0.185 e. The van der Waals surface area contributed by atoms with Crippen LogP contribution in [0, 0.1) is 13.8 Å². The van der Waals surface area contributed by atoms with Gasteiger partial charge in [-0.2, -0.15) is 11.8 Å². The number of aromatic nitrogens is 2. The number of anilines is 1. The van der Waals surface area contributed by atoms with Crippen molar-refractivity contribution in [2.24, 2.45) is 0 Å². The van der Waals surface area contributed by atoms with Gasteiger partial charge in [-0.05, 0) is 26.3 Å². The molecular weight excluding hydrogens is 302 g/mol. The van der Waals surface area contributed by atoms with Gasteiger partial charge in [-0.1, -0.05) is 0 Å².